The molecule has 0 spiro atoms. The molecule has 0 bridgehead atoms. The van der Waals surface area contributed by atoms with Gasteiger partial charge in [0, 0.05) is 18.5 Å². The first kappa shape index (κ1) is 21.5. The normalized spacial score (nSPS) is 14.0. The maximum Gasteiger partial charge on any atom is 0.344 e. The van der Waals surface area contributed by atoms with Crippen LogP contribution in [0.25, 0.3) is 0 Å². The second kappa shape index (κ2) is 9.43. The molecule has 154 valence electrons. The molecule has 2 N–H and O–H groups in total. The SMILES string of the molecule is CC(C)CCNC(=O)NC(=O)COC(=O)COc1cccc2c1OC(C)(C)C2. The summed E-state index contributed by atoms with van der Waals surface area (Å²) in [6, 6.07) is 4.88. The number of imide groups is 1. The average molecular weight is 392 g/mol. The molecule has 0 aromatic heterocycles. The third-order valence-corrected chi connectivity index (χ3v) is 4.02. The number of rotatable bonds is 8. The van der Waals surface area contributed by atoms with E-state index in [0.717, 1.165) is 18.4 Å². The molecule has 8 heteroatoms. The van der Waals surface area contributed by atoms with Crippen molar-refractivity contribution in [3.8, 4) is 11.5 Å². The highest BCUT2D eigenvalue weighted by molar-refractivity contribution is 5.95. The minimum absolute atomic E-state index is 0.323. The number of urea groups is 1. The molecule has 0 fully saturated rings. The highest BCUT2D eigenvalue weighted by Crippen LogP contribution is 2.41. The Morgan fingerprint density at radius 2 is 1.96 bits per heavy atom. The predicted octanol–water partition coefficient (Wildman–Crippen LogP) is 2.19. The molecule has 1 aromatic rings. The zero-order chi connectivity index (χ0) is 20.7. The van der Waals surface area contributed by atoms with Crippen molar-refractivity contribution >= 4 is 17.9 Å². The molecule has 8 nitrogen and oxygen atoms in total. The minimum Gasteiger partial charge on any atom is -0.483 e. The molecular formula is C20H28N2O6. The summed E-state index contributed by atoms with van der Waals surface area (Å²) in [5.74, 6) is 0.0932. The summed E-state index contributed by atoms with van der Waals surface area (Å²) in [7, 11) is 0. The van der Waals surface area contributed by atoms with E-state index in [0.29, 0.717) is 24.0 Å². The van der Waals surface area contributed by atoms with Crippen LogP contribution in [0, 0.1) is 5.92 Å². The molecule has 0 radical (unpaired) electrons. The molecule has 0 unspecified atom stereocenters. The number of amides is 3. The number of carbonyl (C=O) groups is 3. The lowest BCUT2D eigenvalue weighted by molar-refractivity contribution is -0.150. The van der Waals surface area contributed by atoms with Crippen molar-refractivity contribution in [1.82, 2.24) is 10.6 Å². The van der Waals surface area contributed by atoms with E-state index in [1.54, 1.807) is 6.07 Å². The Kier molecular flexibility index (Phi) is 7.25. The number of esters is 1. The summed E-state index contributed by atoms with van der Waals surface area (Å²) < 4.78 is 16.2. The first-order chi connectivity index (χ1) is 13.2. The van der Waals surface area contributed by atoms with Crippen LogP contribution in [0.15, 0.2) is 18.2 Å². The van der Waals surface area contributed by atoms with E-state index in [1.807, 2.05) is 39.8 Å². The van der Waals surface area contributed by atoms with E-state index in [-0.39, 0.29) is 12.2 Å². The van der Waals surface area contributed by atoms with Crippen molar-refractivity contribution in [2.75, 3.05) is 19.8 Å². The average Bonchev–Trinajstić information content (AvgIpc) is 2.92. The Balaban J connectivity index is 1.71. The van der Waals surface area contributed by atoms with E-state index in [2.05, 4.69) is 10.6 Å². The molecule has 0 saturated carbocycles. The molecule has 3 amide bonds. The van der Waals surface area contributed by atoms with E-state index < -0.39 is 24.5 Å². The Hall–Kier alpha value is -2.77. The molecule has 1 aliphatic heterocycles. The lowest BCUT2D eigenvalue weighted by atomic mass is 10.0. The van der Waals surface area contributed by atoms with Crippen LogP contribution in [0.5, 0.6) is 11.5 Å². The minimum atomic E-state index is -0.717. The van der Waals surface area contributed by atoms with Gasteiger partial charge < -0.3 is 19.5 Å². The number of benzene rings is 1. The van der Waals surface area contributed by atoms with Gasteiger partial charge in [-0.3, -0.25) is 10.1 Å². The fourth-order valence-corrected chi connectivity index (χ4v) is 2.71. The zero-order valence-electron chi connectivity index (χ0n) is 16.8. The van der Waals surface area contributed by atoms with Crippen molar-refractivity contribution in [2.24, 2.45) is 5.92 Å². The number of fused-ring (bicyclic) bond motifs is 1. The van der Waals surface area contributed by atoms with Gasteiger partial charge in [-0.15, -0.1) is 0 Å². The lowest BCUT2D eigenvalue weighted by Gasteiger charge is -2.18. The van der Waals surface area contributed by atoms with Crippen molar-refractivity contribution in [3.05, 3.63) is 23.8 Å². The first-order valence-corrected chi connectivity index (χ1v) is 9.33. The van der Waals surface area contributed by atoms with Gasteiger partial charge in [0.25, 0.3) is 5.91 Å². The van der Waals surface area contributed by atoms with Crippen LogP contribution >= 0.6 is 0 Å². The molecule has 2 rings (SSSR count). The number of para-hydroxylation sites is 1. The number of carbonyl (C=O) groups excluding carboxylic acids is 3. The third-order valence-electron chi connectivity index (χ3n) is 4.02. The van der Waals surface area contributed by atoms with Gasteiger partial charge in [-0.25, -0.2) is 9.59 Å². The monoisotopic (exact) mass is 392 g/mol. The number of nitrogens with one attached hydrogen (secondary N) is 2. The van der Waals surface area contributed by atoms with Crippen molar-refractivity contribution < 1.29 is 28.6 Å². The Bertz CT molecular complexity index is 729. The smallest absolute Gasteiger partial charge is 0.344 e. The quantitative estimate of drug-likeness (QED) is 0.658. The van der Waals surface area contributed by atoms with E-state index in [9.17, 15) is 14.4 Å². The van der Waals surface area contributed by atoms with Gasteiger partial charge >= 0.3 is 12.0 Å². The van der Waals surface area contributed by atoms with Crippen molar-refractivity contribution in [2.45, 2.75) is 46.1 Å². The van der Waals surface area contributed by atoms with Gasteiger partial charge in [0.2, 0.25) is 0 Å². The Morgan fingerprint density at radius 1 is 1.21 bits per heavy atom. The van der Waals surface area contributed by atoms with E-state index in [4.69, 9.17) is 14.2 Å². The number of ether oxygens (including phenoxy) is 3. The van der Waals surface area contributed by atoms with Crippen LogP contribution in [0.4, 0.5) is 4.79 Å². The van der Waals surface area contributed by atoms with E-state index >= 15 is 0 Å². The number of hydrogen-bond acceptors (Lipinski definition) is 6. The van der Waals surface area contributed by atoms with Gasteiger partial charge in [-0.2, -0.15) is 0 Å². The Labute approximate surface area is 164 Å². The molecular weight excluding hydrogens is 364 g/mol. The van der Waals surface area contributed by atoms with Gasteiger partial charge in [-0.05, 0) is 32.3 Å². The van der Waals surface area contributed by atoms with Gasteiger partial charge in [0.1, 0.15) is 5.60 Å². The second-order valence-corrected chi connectivity index (χ2v) is 7.72. The topological polar surface area (TPSA) is 103 Å². The van der Waals surface area contributed by atoms with Crippen LogP contribution in [0.2, 0.25) is 0 Å². The molecule has 28 heavy (non-hydrogen) atoms. The molecule has 1 heterocycles. The van der Waals surface area contributed by atoms with Crippen LogP contribution in [-0.4, -0.2) is 43.3 Å². The van der Waals surface area contributed by atoms with Crippen LogP contribution in [0.3, 0.4) is 0 Å². The summed E-state index contributed by atoms with van der Waals surface area (Å²) in [5.41, 5.74) is 0.689. The highest BCUT2D eigenvalue weighted by Gasteiger charge is 2.32. The molecule has 1 aromatic carbocycles. The molecule has 0 aliphatic carbocycles. The second-order valence-electron chi connectivity index (χ2n) is 7.72. The summed E-state index contributed by atoms with van der Waals surface area (Å²) in [4.78, 5) is 35.0. The Morgan fingerprint density at radius 3 is 2.68 bits per heavy atom. The highest BCUT2D eigenvalue weighted by atomic mass is 16.6. The largest absolute Gasteiger partial charge is 0.483 e. The summed E-state index contributed by atoms with van der Waals surface area (Å²) in [6.07, 6.45) is 1.56. The first-order valence-electron chi connectivity index (χ1n) is 9.33. The number of hydrogen-bond donors (Lipinski definition) is 2. The van der Waals surface area contributed by atoms with Crippen LogP contribution < -0.4 is 20.1 Å². The summed E-state index contributed by atoms with van der Waals surface area (Å²) in [5, 5.41) is 4.66. The maximum absolute atomic E-state index is 11.8. The van der Waals surface area contributed by atoms with Gasteiger partial charge in [-0.1, -0.05) is 26.0 Å². The predicted molar refractivity (Wildman–Crippen MR) is 102 cm³/mol. The van der Waals surface area contributed by atoms with Crippen LogP contribution in [0.1, 0.15) is 39.7 Å². The van der Waals surface area contributed by atoms with Gasteiger partial charge in [0.05, 0.1) is 0 Å². The standard InChI is InChI=1S/C20H28N2O6/c1-13(2)8-9-21-19(25)22-16(23)11-27-17(24)12-26-15-7-5-6-14-10-20(3,4)28-18(14)15/h5-7,13H,8-12H2,1-4H3,(H2,21,22,23,25). The lowest BCUT2D eigenvalue weighted by Crippen LogP contribution is -2.42. The van der Waals surface area contributed by atoms with Crippen LogP contribution in [-0.2, 0) is 20.7 Å². The van der Waals surface area contributed by atoms with Crippen molar-refractivity contribution in [3.63, 3.8) is 0 Å². The van der Waals surface area contributed by atoms with Crippen molar-refractivity contribution in [1.29, 1.82) is 0 Å². The fraction of sp³-hybridized carbons (Fsp3) is 0.550. The summed E-state index contributed by atoms with van der Waals surface area (Å²) in [6.45, 7) is 7.55. The van der Waals surface area contributed by atoms with E-state index in [1.165, 1.54) is 0 Å². The molecule has 0 atom stereocenters. The molecule has 0 saturated heterocycles. The van der Waals surface area contributed by atoms with Gasteiger partial charge in [0.15, 0.2) is 24.7 Å². The fourth-order valence-electron chi connectivity index (χ4n) is 2.71. The third kappa shape index (κ3) is 6.75. The molecule has 1 aliphatic rings. The summed E-state index contributed by atoms with van der Waals surface area (Å²) >= 11 is 0. The maximum atomic E-state index is 11.8. The zero-order valence-corrected chi connectivity index (χ0v) is 16.8.